The molecule has 98 valence electrons. The number of amides is 1. The summed E-state index contributed by atoms with van der Waals surface area (Å²) >= 11 is 1.54. The van der Waals surface area contributed by atoms with Crippen LogP contribution in [0.2, 0.25) is 0 Å². The molecular formula is C14H14N2O2S. The van der Waals surface area contributed by atoms with Crippen LogP contribution in [0.15, 0.2) is 41.2 Å². The third-order valence-electron chi connectivity index (χ3n) is 3.13. The van der Waals surface area contributed by atoms with Gasteiger partial charge >= 0.3 is 0 Å². The second kappa shape index (κ2) is 5.40. The molecule has 5 heteroatoms. The highest BCUT2D eigenvalue weighted by Crippen LogP contribution is 2.19. The second-order valence-electron chi connectivity index (χ2n) is 4.46. The molecular weight excluding hydrogens is 260 g/mol. The summed E-state index contributed by atoms with van der Waals surface area (Å²) in [6.07, 6.45) is 2.60. The average molecular weight is 274 g/mol. The van der Waals surface area contributed by atoms with Crippen molar-refractivity contribution in [2.45, 2.75) is 12.5 Å². The number of aromatic nitrogens is 1. The normalized spacial score (nSPS) is 18.5. The van der Waals surface area contributed by atoms with E-state index in [1.54, 1.807) is 17.5 Å². The fourth-order valence-corrected chi connectivity index (χ4v) is 2.79. The van der Waals surface area contributed by atoms with E-state index in [9.17, 15) is 4.79 Å². The van der Waals surface area contributed by atoms with Crippen molar-refractivity contribution in [2.24, 2.45) is 0 Å². The molecule has 3 heterocycles. The van der Waals surface area contributed by atoms with Crippen LogP contribution in [0.5, 0.6) is 5.88 Å². The molecule has 0 aromatic carbocycles. The molecule has 1 fully saturated rings. The molecule has 1 saturated heterocycles. The molecule has 0 saturated carbocycles. The minimum atomic E-state index is 0.0393. The lowest BCUT2D eigenvalue weighted by Gasteiger charge is -2.16. The van der Waals surface area contributed by atoms with E-state index in [1.165, 1.54) is 0 Å². The third-order valence-corrected chi connectivity index (χ3v) is 3.81. The van der Waals surface area contributed by atoms with Crippen LogP contribution in [-0.4, -0.2) is 35.0 Å². The Hall–Kier alpha value is -1.88. The van der Waals surface area contributed by atoms with E-state index in [0.717, 1.165) is 18.5 Å². The Morgan fingerprint density at radius 3 is 3.11 bits per heavy atom. The topological polar surface area (TPSA) is 42.4 Å². The van der Waals surface area contributed by atoms with E-state index in [2.05, 4.69) is 4.98 Å². The standard InChI is InChI=1S/C14H14N2O2S/c17-14(11-5-8-19-10-11)16-7-4-12(9-16)18-13-3-1-2-6-15-13/h1-3,5-6,8,10,12H,4,7,9H2. The van der Waals surface area contributed by atoms with Gasteiger partial charge in [-0.15, -0.1) is 0 Å². The van der Waals surface area contributed by atoms with Crippen molar-refractivity contribution in [1.29, 1.82) is 0 Å². The van der Waals surface area contributed by atoms with E-state index < -0.39 is 0 Å². The molecule has 0 aliphatic carbocycles. The second-order valence-corrected chi connectivity index (χ2v) is 5.24. The average Bonchev–Trinajstić information content (AvgIpc) is 3.10. The summed E-state index contributed by atoms with van der Waals surface area (Å²) in [6.45, 7) is 1.37. The first kappa shape index (κ1) is 12.2. The highest BCUT2D eigenvalue weighted by Gasteiger charge is 2.28. The Kier molecular flexibility index (Phi) is 3.46. The van der Waals surface area contributed by atoms with Gasteiger partial charge in [-0.25, -0.2) is 4.98 Å². The maximum absolute atomic E-state index is 12.2. The summed E-state index contributed by atoms with van der Waals surface area (Å²) in [4.78, 5) is 18.1. The van der Waals surface area contributed by atoms with Gasteiger partial charge < -0.3 is 9.64 Å². The fourth-order valence-electron chi connectivity index (χ4n) is 2.17. The fraction of sp³-hybridized carbons (Fsp3) is 0.286. The summed E-state index contributed by atoms with van der Waals surface area (Å²) in [5.41, 5.74) is 0.767. The molecule has 4 nitrogen and oxygen atoms in total. The number of hydrogen-bond acceptors (Lipinski definition) is 4. The van der Waals surface area contributed by atoms with Crippen LogP contribution in [0.3, 0.4) is 0 Å². The van der Waals surface area contributed by atoms with Gasteiger partial charge in [-0.05, 0) is 17.5 Å². The summed E-state index contributed by atoms with van der Waals surface area (Å²) in [6, 6.07) is 7.45. The Morgan fingerprint density at radius 2 is 2.37 bits per heavy atom. The van der Waals surface area contributed by atoms with Crippen LogP contribution < -0.4 is 4.74 Å². The molecule has 2 aromatic heterocycles. The zero-order chi connectivity index (χ0) is 13.1. The number of nitrogens with zero attached hydrogens (tertiary/aromatic N) is 2. The summed E-state index contributed by atoms with van der Waals surface area (Å²) < 4.78 is 5.77. The van der Waals surface area contributed by atoms with Crippen molar-refractivity contribution >= 4 is 17.2 Å². The predicted molar refractivity (Wildman–Crippen MR) is 73.5 cm³/mol. The monoisotopic (exact) mass is 274 g/mol. The van der Waals surface area contributed by atoms with E-state index in [4.69, 9.17) is 4.74 Å². The number of likely N-dealkylation sites (tertiary alicyclic amines) is 1. The van der Waals surface area contributed by atoms with E-state index in [-0.39, 0.29) is 12.0 Å². The number of pyridine rings is 1. The molecule has 1 amide bonds. The first-order valence-corrected chi connectivity index (χ1v) is 7.16. The smallest absolute Gasteiger partial charge is 0.254 e. The van der Waals surface area contributed by atoms with Gasteiger partial charge in [0.2, 0.25) is 5.88 Å². The van der Waals surface area contributed by atoms with Crippen LogP contribution in [0.4, 0.5) is 0 Å². The lowest BCUT2D eigenvalue weighted by molar-refractivity contribution is 0.0771. The highest BCUT2D eigenvalue weighted by atomic mass is 32.1. The molecule has 0 spiro atoms. The van der Waals surface area contributed by atoms with Crippen molar-refractivity contribution in [3.63, 3.8) is 0 Å². The maximum atomic E-state index is 12.2. The highest BCUT2D eigenvalue weighted by molar-refractivity contribution is 7.08. The van der Waals surface area contributed by atoms with E-state index in [0.29, 0.717) is 12.4 Å². The SMILES string of the molecule is O=C(c1ccsc1)N1CCC(Oc2ccccn2)C1. The van der Waals surface area contributed by atoms with Gasteiger partial charge in [0.1, 0.15) is 6.10 Å². The maximum Gasteiger partial charge on any atom is 0.254 e. The van der Waals surface area contributed by atoms with Crippen LogP contribution in [0, 0.1) is 0 Å². The molecule has 2 aromatic rings. The van der Waals surface area contributed by atoms with Crippen LogP contribution >= 0.6 is 11.3 Å². The van der Waals surface area contributed by atoms with Gasteiger partial charge in [0.05, 0.1) is 12.1 Å². The minimum absolute atomic E-state index is 0.0393. The molecule has 1 unspecified atom stereocenters. The molecule has 0 radical (unpaired) electrons. The van der Waals surface area contributed by atoms with Gasteiger partial charge in [0, 0.05) is 30.6 Å². The van der Waals surface area contributed by atoms with Crippen molar-refractivity contribution < 1.29 is 9.53 Å². The molecule has 1 atom stereocenters. The van der Waals surface area contributed by atoms with Gasteiger partial charge in [-0.1, -0.05) is 6.07 Å². The van der Waals surface area contributed by atoms with Crippen molar-refractivity contribution in [1.82, 2.24) is 9.88 Å². The van der Waals surface area contributed by atoms with Crippen molar-refractivity contribution in [3.05, 3.63) is 46.8 Å². The van der Waals surface area contributed by atoms with Gasteiger partial charge in [-0.3, -0.25) is 4.79 Å². The van der Waals surface area contributed by atoms with Gasteiger partial charge in [-0.2, -0.15) is 11.3 Å². The zero-order valence-corrected chi connectivity index (χ0v) is 11.2. The quantitative estimate of drug-likeness (QED) is 0.863. The van der Waals surface area contributed by atoms with Gasteiger partial charge in [0.25, 0.3) is 5.91 Å². The lowest BCUT2D eigenvalue weighted by Crippen LogP contribution is -2.30. The third kappa shape index (κ3) is 2.76. The Morgan fingerprint density at radius 1 is 1.42 bits per heavy atom. The van der Waals surface area contributed by atoms with Crippen LogP contribution in [-0.2, 0) is 0 Å². The van der Waals surface area contributed by atoms with Crippen LogP contribution in [0.25, 0.3) is 0 Å². The molecule has 1 aliphatic rings. The number of carbonyl (C=O) groups is 1. The zero-order valence-electron chi connectivity index (χ0n) is 10.4. The van der Waals surface area contributed by atoms with E-state index in [1.807, 2.05) is 39.9 Å². The Bertz CT molecular complexity index is 542. The molecule has 1 aliphatic heterocycles. The van der Waals surface area contributed by atoms with E-state index >= 15 is 0 Å². The van der Waals surface area contributed by atoms with Gasteiger partial charge in [0.15, 0.2) is 0 Å². The summed E-state index contributed by atoms with van der Waals surface area (Å²) in [5, 5.41) is 3.81. The summed E-state index contributed by atoms with van der Waals surface area (Å²) in [5.74, 6) is 0.714. The number of ether oxygens (including phenoxy) is 1. The number of hydrogen-bond donors (Lipinski definition) is 0. The van der Waals surface area contributed by atoms with Crippen LogP contribution in [0.1, 0.15) is 16.8 Å². The first-order valence-electron chi connectivity index (χ1n) is 6.22. The molecule has 19 heavy (non-hydrogen) atoms. The van der Waals surface area contributed by atoms with Crippen molar-refractivity contribution in [3.8, 4) is 5.88 Å². The first-order chi connectivity index (χ1) is 9.33. The molecule has 3 rings (SSSR count). The summed E-state index contributed by atoms with van der Waals surface area (Å²) in [7, 11) is 0. The predicted octanol–water partition coefficient (Wildman–Crippen LogP) is 2.44. The largest absolute Gasteiger partial charge is 0.472 e. The number of thiophene rings is 1. The molecule has 0 bridgehead atoms. The Labute approximate surface area is 115 Å². The lowest BCUT2D eigenvalue weighted by atomic mass is 10.3. The van der Waals surface area contributed by atoms with Crippen molar-refractivity contribution in [2.75, 3.05) is 13.1 Å². The molecule has 0 N–H and O–H groups in total. The number of carbonyl (C=O) groups excluding carboxylic acids is 1. The Balaban J connectivity index is 1.60. The minimum Gasteiger partial charge on any atom is -0.472 e. The number of rotatable bonds is 3.